The molecule has 5 heteroatoms. The Bertz CT molecular complexity index is 254. The van der Waals surface area contributed by atoms with E-state index < -0.39 is 18.9 Å². The van der Waals surface area contributed by atoms with Crippen molar-refractivity contribution in [2.24, 2.45) is 0 Å². The van der Waals surface area contributed by atoms with E-state index in [1.807, 2.05) is 0 Å². The van der Waals surface area contributed by atoms with Crippen LogP contribution in [0.2, 0.25) is 0 Å². The lowest BCUT2D eigenvalue weighted by atomic mass is 10.3. The van der Waals surface area contributed by atoms with Crippen molar-refractivity contribution in [2.75, 3.05) is 6.26 Å². The first kappa shape index (κ1) is 9.44. The molecule has 0 saturated carbocycles. The van der Waals surface area contributed by atoms with E-state index in [1.54, 1.807) is 30.5 Å². The summed E-state index contributed by atoms with van der Waals surface area (Å²) < 4.78 is 16.0. The second kappa shape index (κ2) is 4.40. The molecule has 0 saturated heterocycles. The van der Waals surface area contributed by atoms with Crippen LogP contribution in [-0.4, -0.2) is 23.5 Å². The van der Waals surface area contributed by atoms with Crippen LogP contribution in [0.3, 0.4) is 0 Å². The molecule has 1 aromatic rings. The van der Waals surface area contributed by atoms with Crippen molar-refractivity contribution in [1.29, 1.82) is 0 Å². The van der Waals surface area contributed by atoms with Gasteiger partial charge in [-0.2, -0.15) is 0 Å². The summed E-state index contributed by atoms with van der Waals surface area (Å²) in [5.74, 6) is 0.473. The molecule has 1 rings (SSSR count). The first-order valence-electron chi connectivity index (χ1n) is 3.42. The van der Waals surface area contributed by atoms with E-state index in [0.717, 1.165) is 0 Å². The molecule has 0 spiro atoms. The predicted molar refractivity (Wildman–Crippen MR) is 48.8 cm³/mol. The number of hydrogen-bond donors (Lipinski definition) is 1. The Hall–Kier alpha value is -0.645. The van der Waals surface area contributed by atoms with Gasteiger partial charge in [0.05, 0.1) is 0 Å². The van der Waals surface area contributed by atoms with Crippen LogP contribution in [0.15, 0.2) is 29.2 Å². The van der Waals surface area contributed by atoms with E-state index in [-0.39, 0.29) is 0 Å². The molecule has 0 radical (unpaired) electrons. The maximum Gasteiger partial charge on any atom is 0.504 e. The zero-order valence-corrected chi connectivity index (χ0v) is 7.50. The first-order chi connectivity index (χ1) is 5.75. The largest absolute Gasteiger partial charge is 0.612 e. The van der Waals surface area contributed by atoms with Crippen LogP contribution in [0.4, 0.5) is 0 Å². The van der Waals surface area contributed by atoms with E-state index >= 15 is 0 Å². The Morgan fingerprint density at radius 3 is 2.75 bits per heavy atom. The van der Waals surface area contributed by atoms with Crippen molar-refractivity contribution in [2.45, 2.75) is 4.90 Å². The fourth-order valence-electron chi connectivity index (χ4n) is 0.876. The molecule has 1 N–H and O–H groups in total. The Labute approximate surface area is 74.9 Å². The van der Waals surface area contributed by atoms with Crippen LogP contribution < -0.4 is 4.65 Å². The predicted octanol–water partition coefficient (Wildman–Crippen LogP) is 0.0616. The maximum atomic E-state index is 11.1. The Balaban J connectivity index is 2.92. The normalized spacial score (nSPS) is 12.2. The van der Waals surface area contributed by atoms with Gasteiger partial charge in [0.1, 0.15) is 6.26 Å². The van der Waals surface area contributed by atoms with Crippen LogP contribution >= 0.6 is 0 Å². The van der Waals surface area contributed by atoms with Crippen LogP contribution in [0.1, 0.15) is 0 Å². The summed E-state index contributed by atoms with van der Waals surface area (Å²) in [6.07, 6.45) is 1.57. The highest BCUT2D eigenvalue weighted by Crippen LogP contribution is 2.22. The second-order valence-electron chi connectivity index (χ2n) is 2.17. The molecule has 0 heterocycles. The molecule has 0 aliphatic heterocycles. The van der Waals surface area contributed by atoms with Crippen molar-refractivity contribution in [3.8, 4) is 5.75 Å². The second-order valence-corrected chi connectivity index (χ2v) is 3.52. The monoisotopic (exact) mass is 184 g/mol. The zero-order chi connectivity index (χ0) is 8.97. The minimum Gasteiger partial charge on any atom is -0.612 e. The quantitative estimate of drug-likeness (QED) is 0.533. The molecule has 0 amide bonds. The molecule has 1 unspecified atom stereocenters. The van der Waals surface area contributed by atoms with Crippen LogP contribution in [0.5, 0.6) is 5.75 Å². The van der Waals surface area contributed by atoms with E-state index in [1.165, 1.54) is 0 Å². The molecule has 0 bridgehead atoms. The fourth-order valence-corrected chi connectivity index (χ4v) is 1.56. The summed E-state index contributed by atoms with van der Waals surface area (Å²) in [7, 11) is -0.395. The number of benzene rings is 1. The first-order valence-corrected chi connectivity index (χ1v) is 4.97. The van der Waals surface area contributed by atoms with Gasteiger partial charge in [0.25, 0.3) is 0 Å². The molecular formula is C7H9BO3S. The van der Waals surface area contributed by atoms with Crippen molar-refractivity contribution in [1.82, 2.24) is 0 Å². The topological polar surface area (TPSA) is 52.5 Å². The van der Waals surface area contributed by atoms with Crippen molar-refractivity contribution < 1.29 is 14.2 Å². The summed E-state index contributed by atoms with van der Waals surface area (Å²) in [5.41, 5.74) is 0. The van der Waals surface area contributed by atoms with Gasteiger partial charge in [0, 0.05) is 0 Å². The third-order valence-corrected chi connectivity index (χ3v) is 2.34. The fraction of sp³-hybridized carbons (Fsp3) is 0.143. The molecule has 3 nitrogen and oxygen atoms in total. The van der Waals surface area contributed by atoms with Gasteiger partial charge >= 0.3 is 7.69 Å². The Morgan fingerprint density at radius 1 is 1.50 bits per heavy atom. The van der Waals surface area contributed by atoms with Gasteiger partial charge in [-0.1, -0.05) is 12.1 Å². The van der Waals surface area contributed by atoms with Crippen molar-refractivity contribution in [3.05, 3.63) is 24.3 Å². The molecule has 64 valence electrons. The van der Waals surface area contributed by atoms with Gasteiger partial charge in [-0.25, -0.2) is 0 Å². The van der Waals surface area contributed by atoms with Crippen LogP contribution in [0.25, 0.3) is 0 Å². The van der Waals surface area contributed by atoms with Gasteiger partial charge in [-0.15, -0.1) is 0 Å². The smallest absolute Gasteiger partial charge is 0.504 e. The number of rotatable bonds is 3. The summed E-state index contributed by atoms with van der Waals surface area (Å²) in [5, 5.41) is 8.50. The standard InChI is InChI=1S/C7H9BO3S/c1-12(10)7-5-3-2-4-6(7)11-8-9/h2-5,8-9H,1H3. The summed E-state index contributed by atoms with van der Waals surface area (Å²) >= 11 is -1.08. The SMILES string of the molecule is C[S+]([O-])c1ccccc1OBO. The summed E-state index contributed by atoms with van der Waals surface area (Å²) in [6, 6.07) is 6.93. The van der Waals surface area contributed by atoms with E-state index in [2.05, 4.69) is 0 Å². The number of para-hydroxylation sites is 1. The van der Waals surface area contributed by atoms with Gasteiger partial charge in [-0.05, 0) is 23.3 Å². The number of hydrogen-bond acceptors (Lipinski definition) is 3. The lowest BCUT2D eigenvalue weighted by Gasteiger charge is -2.09. The highest BCUT2D eigenvalue weighted by molar-refractivity contribution is 7.90. The van der Waals surface area contributed by atoms with Gasteiger partial charge < -0.3 is 14.2 Å². The molecular weight excluding hydrogens is 175 g/mol. The molecule has 0 aliphatic rings. The highest BCUT2D eigenvalue weighted by Gasteiger charge is 2.10. The van der Waals surface area contributed by atoms with Gasteiger partial charge in [-0.3, -0.25) is 0 Å². The molecule has 1 atom stereocenters. The third kappa shape index (κ3) is 2.17. The van der Waals surface area contributed by atoms with Crippen molar-refractivity contribution >= 4 is 18.9 Å². The molecule has 0 aliphatic carbocycles. The van der Waals surface area contributed by atoms with E-state index in [0.29, 0.717) is 10.6 Å². The van der Waals surface area contributed by atoms with Gasteiger partial charge in [0.2, 0.25) is 0 Å². The Kier molecular flexibility index (Phi) is 3.46. The lowest BCUT2D eigenvalue weighted by molar-refractivity contribution is 0.446. The summed E-state index contributed by atoms with van der Waals surface area (Å²) in [6.45, 7) is 0. The average Bonchev–Trinajstić information content (AvgIpc) is 2.05. The molecule has 12 heavy (non-hydrogen) atoms. The maximum absolute atomic E-state index is 11.1. The minimum atomic E-state index is -1.08. The van der Waals surface area contributed by atoms with Crippen LogP contribution in [-0.2, 0) is 11.2 Å². The van der Waals surface area contributed by atoms with E-state index in [9.17, 15) is 4.55 Å². The molecule has 0 fully saturated rings. The lowest BCUT2D eigenvalue weighted by Crippen LogP contribution is -2.05. The van der Waals surface area contributed by atoms with Crippen LogP contribution in [0, 0.1) is 0 Å². The summed E-state index contributed by atoms with van der Waals surface area (Å²) in [4.78, 5) is 0.603. The Morgan fingerprint density at radius 2 is 2.17 bits per heavy atom. The third-order valence-electron chi connectivity index (χ3n) is 1.38. The van der Waals surface area contributed by atoms with Gasteiger partial charge in [0.15, 0.2) is 10.6 Å². The average molecular weight is 184 g/mol. The molecule has 1 aromatic carbocycles. The van der Waals surface area contributed by atoms with E-state index in [4.69, 9.17) is 9.68 Å². The van der Waals surface area contributed by atoms with Crippen molar-refractivity contribution in [3.63, 3.8) is 0 Å². The minimum absolute atomic E-state index is 0.395. The molecule has 0 aromatic heterocycles. The highest BCUT2D eigenvalue weighted by atomic mass is 32.2. The zero-order valence-electron chi connectivity index (χ0n) is 6.69.